The standard InChI is InChI=1S/C29H35N7O/c1-2-3-5-14-27-30-29(26(37)19-21-10-6-4-7-11-21)33-36(27)20-22-15-17-23(18-16-22)24-12-8-9-13-25(24)28-31-34-35-32-28/h8-9,12-13,15-18,21H,2-7,10-11,14,19-20H2,1H3,(H,31,32,34,35). The molecule has 0 saturated heterocycles. The number of nitrogens with zero attached hydrogens (tertiary/aromatic N) is 6. The minimum atomic E-state index is 0.0938. The number of aryl methyl sites for hydroxylation is 1. The Balaban J connectivity index is 1.34. The van der Waals surface area contributed by atoms with Crippen molar-refractivity contribution in [2.45, 2.75) is 77.7 Å². The lowest BCUT2D eigenvalue weighted by atomic mass is 9.86. The first-order valence-corrected chi connectivity index (χ1v) is 13.6. The molecule has 2 aromatic carbocycles. The highest BCUT2D eigenvalue weighted by Crippen LogP contribution is 2.30. The lowest BCUT2D eigenvalue weighted by molar-refractivity contribution is 0.0939. The number of unbranched alkanes of at least 4 members (excludes halogenated alkanes) is 2. The number of carbonyl (C=O) groups excluding carboxylic acids is 1. The quantitative estimate of drug-likeness (QED) is 0.200. The zero-order chi connectivity index (χ0) is 25.5. The number of aromatic amines is 1. The summed E-state index contributed by atoms with van der Waals surface area (Å²) in [4.78, 5) is 17.8. The summed E-state index contributed by atoms with van der Waals surface area (Å²) < 4.78 is 1.94. The van der Waals surface area contributed by atoms with Crippen LogP contribution in [0.15, 0.2) is 48.5 Å². The average Bonchev–Trinajstić information content (AvgIpc) is 3.61. The van der Waals surface area contributed by atoms with Crippen LogP contribution >= 0.6 is 0 Å². The molecule has 1 aliphatic carbocycles. The number of ketones is 1. The van der Waals surface area contributed by atoms with Gasteiger partial charge in [-0.1, -0.05) is 100 Å². The maximum Gasteiger partial charge on any atom is 0.217 e. The van der Waals surface area contributed by atoms with Crippen LogP contribution < -0.4 is 0 Å². The van der Waals surface area contributed by atoms with Gasteiger partial charge in [0.2, 0.25) is 11.6 Å². The number of tetrazole rings is 1. The molecule has 0 amide bonds. The maximum atomic E-state index is 13.0. The summed E-state index contributed by atoms with van der Waals surface area (Å²) in [5.41, 5.74) is 4.22. The highest BCUT2D eigenvalue weighted by atomic mass is 16.1. The van der Waals surface area contributed by atoms with E-state index >= 15 is 0 Å². The van der Waals surface area contributed by atoms with E-state index in [1.165, 1.54) is 19.3 Å². The minimum Gasteiger partial charge on any atom is -0.291 e. The SMILES string of the molecule is CCCCCc1nc(C(=O)CC2CCCCC2)nn1Cc1ccc(-c2ccccc2-c2nnn[nH]2)cc1. The number of carbonyl (C=O) groups is 1. The number of hydrogen-bond donors (Lipinski definition) is 1. The van der Waals surface area contributed by atoms with Crippen molar-refractivity contribution in [3.63, 3.8) is 0 Å². The number of aromatic nitrogens is 7. The normalized spacial score (nSPS) is 14.2. The molecular formula is C29H35N7O. The van der Waals surface area contributed by atoms with Gasteiger partial charge in [0.25, 0.3) is 0 Å². The number of nitrogens with one attached hydrogen (secondary N) is 1. The summed E-state index contributed by atoms with van der Waals surface area (Å²) in [5.74, 6) is 2.52. The molecule has 4 aromatic rings. The summed E-state index contributed by atoms with van der Waals surface area (Å²) in [6, 6.07) is 16.5. The van der Waals surface area contributed by atoms with Gasteiger partial charge in [-0.2, -0.15) is 0 Å². The molecule has 192 valence electrons. The van der Waals surface area contributed by atoms with Crippen LogP contribution in [0.25, 0.3) is 22.5 Å². The van der Waals surface area contributed by atoms with E-state index in [9.17, 15) is 4.79 Å². The fraction of sp³-hybridized carbons (Fsp3) is 0.448. The Morgan fingerprint density at radius 1 is 1.00 bits per heavy atom. The molecule has 0 unspecified atom stereocenters. The summed E-state index contributed by atoms with van der Waals surface area (Å²) in [5, 5.41) is 19.1. The second kappa shape index (κ2) is 12.0. The van der Waals surface area contributed by atoms with Gasteiger partial charge >= 0.3 is 0 Å². The zero-order valence-corrected chi connectivity index (χ0v) is 21.6. The van der Waals surface area contributed by atoms with E-state index in [0.29, 0.717) is 30.5 Å². The van der Waals surface area contributed by atoms with Crippen molar-refractivity contribution < 1.29 is 4.79 Å². The van der Waals surface area contributed by atoms with Crippen LogP contribution in [0.4, 0.5) is 0 Å². The molecule has 8 heteroatoms. The topological polar surface area (TPSA) is 102 Å². The van der Waals surface area contributed by atoms with Crippen LogP contribution in [0.2, 0.25) is 0 Å². The Hall–Kier alpha value is -3.68. The molecule has 0 spiro atoms. The summed E-state index contributed by atoms with van der Waals surface area (Å²) >= 11 is 0. The van der Waals surface area contributed by atoms with Crippen molar-refractivity contribution >= 4 is 5.78 Å². The third-order valence-corrected chi connectivity index (χ3v) is 7.33. The Morgan fingerprint density at radius 3 is 2.51 bits per heavy atom. The lowest BCUT2D eigenvalue weighted by Crippen LogP contribution is -2.13. The Labute approximate surface area is 217 Å². The van der Waals surface area contributed by atoms with Gasteiger partial charge < -0.3 is 0 Å². The average molecular weight is 498 g/mol. The number of H-pyrrole nitrogens is 1. The van der Waals surface area contributed by atoms with Gasteiger partial charge in [-0.3, -0.25) is 4.79 Å². The first-order chi connectivity index (χ1) is 18.2. The predicted molar refractivity (Wildman–Crippen MR) is 143 cm³/mol. The van der Waals surface area contributed by atoms with Gasteiger partial charge in [0.1, 0.15) is 5.82 Å². The van der Waals surface area contributed by atoms with E-state index in [1.807, 2.05) is 22.9 Å². The molecule has 2 heterocycles. The second-order valence-electron chi connectivity index (χ2n) is 10.1. The highest BCUT2D eigenvalue weighted by Gasteiger charge is 2.22. The molecule has 0 atom stereocenters. The smallest absolute Gasteiger partial charge is 0.217 e. The molecule has 2 aromatic heterocycles. The van der Waals surface area contributed by atoms with Crippen LogP contribution in [-0.2, 0) is 13.0 Å². The van der Waals surface area contributed by atoms with Gasteiger partial charge in [-0.05, 0) is 39.5 Å². The molecule has 1 fully saturated rings. The summed E-state index contributed by atoms with van der Waals surface area (Å²) in [6.07, 6.45) is 10.8. The fourth-order valence-corrected chi connectivity index (χ4v) is 5.26. The first-order valence-electron chi connectivity index (χ1n) is 13.6. The van der Waals surface area contributed by atoms with Gasteiger partial charge in [0, 0.05) is 18.4 Å². The highest BCUT2D eigenvalue weighted by molar-refractivity contribution is 5.92. The van der Waals surface area contributed by atoms with E-state index < -0.39 is 0 Å². The summed E-state index contributed by atoms with van der Waals surface area (Å²) in [6.45, 7) is 2.79. The van der Waals surface area contributed by atoms with Crippen molar-refractivity contribution in [3.05, 3.63) is 65.7 Å². The molecule has 0 radical (unpaired) electrons. The number of hydrogen-bond acceptors (Lipinski definition) is 6. The van der Waals surface area contributed by atoms with E-state index in [4.69, 9.17) is 10.1 Å². The van der Waals surface area contributed by atoms with Gasteiger partial charge in [-0.25, -0.2) is 14.8 Å². The molecule has 37 heavy (non-hydrogen) atoms. The largest absolute Gasteiger partial charge is 0.291 e. The molecule has 8 nitrogen and oxygen atoms in total. The zero-order valence-electron chi connectivity index (χ0n) is 21.6. The third-order valence-electron chi connectivity index (χ3n) is 7.33. The van der Waals surface area contributed by atoms with Crippen molar-refractivity contribution in [1.82, 2.24) is 35.4 Å². The molecule has 5 rings (SSSR count). The fourth-order valence-electron chi connectivity index (χ4n) is 5.26. The van der Waals surface area contributed by atoms with Crippen LogP contribution in [0.3, 0.4) is 0 Å². The van der Waals surface area contributed by atoms with E-state index in [0.717, 1.165) is 66.6 Å². The van der Waals surface area contributed by atoms with Crippen LogP contribution in [-0.4, -0.2) is 41.2 Å². The van der Waals surface area contributed by atoms with Crippen LogP contribution in [0.5, 0.6) is 0 Å². The number of Topliss-reactive ketones (excluding diaryl/α,β-unsaturated/α-hetero) is 1. The van der Waals surface area contributed by atoms with E-state index in [-0.39, 0.29) is 5.78 Å². The Kier molecular flexibility index (Phi) is 8.13. The van der Waals surface area contributed by atoms with Crippen molar-refractivity contribution in [2.24, 2.45) is 5.92 Å². The van der Waals surface area contributed by atoms with Crippen molar-refractivity contribution in [1.29, 1.82) is 0 Å². The third kappa shape index (κ3) is 6.18. The summed E-state index contributed by atoms with van der Waals surface area (Å²) in [7, 11) is 0. The molecule has 0 bridgehead atoms. The van der Waals surface area contributed by atoms with Gasteiger partial charge in [0.05, 0.1) is 6.54 Å². The number of rotatable bonds is 11. The van der Waals surface area contributed by atoms with E-state index in [1.54, 1.807) is 0 Å². The molecule has 1 aliphatic rings. The molecule has 1 saturated carbocycles. The van der Waals surface area contributed by atoms with Crippen LogP contribution in [0.1, 0.15) is 86.7 Å². The minimum absolute atomic E-state index is 0.0938. The lowest BCUT2D eigenvalue weighted by Gasteiger charge is -2.19. The van der Waals surface area contributed by atoms with Crippen molar-refractivity contribution in [2.75, 3.05) is 0 Å². The monoisotopic (exact) mass is 497 g/mol. The first kappa shape index (κ1) is 25.0. The maximum absolute atomic E-state index is 13.0. The van der Waals surface area contributed by atoms with Gasteiger partial charge in [0.15, 0.2) is 5.82 Å². The second-order valence-corrected chi connectivity index (χ2v) is 10.1. The molecule has 1 N–H and O–H groups in total. The van der Waals surface area contributed by atoms with Crippen LogP contribution in [0, 0.1) is 5.92 Å². The van der Waals surface area contributed by atoms with Gasteiger partial charge in [-0.15, -0.1) is 10.2 Å². The number of benzene rings is 2. The predicted octanol–water partition coefficient (Wildman–Crippen LogP) is 6.06. The molecular weight excluding hydrogens is 462 g/mol. The van der Waals surface area contributed by atoms with Crippen molar-refractivity contribution in [3.8, 4) is 22.5 Å². The molecule has 0 aliphatic heterocycles. The van der Waals surface area contributed by atoms with E-state index in [2.05, 4.69) is 57.9 Å². The Bertz CT molecular complexity index is 1290. The Morgan fingerprint density at radius 2 is 1.78 bits per heavy atom.